The maximum Gasteiger partial charge on any atom is 0.257 e. The summed E-state index contributed by atoms with van der Waals surface area (Å²) in [6, 6.07) is 13.7. The lowest BCUT2D eigenvalue weighted by molar-refractivity contribution is 0.0318. The minimum atomic E-state index is -0.517. The summed E-state index contributed by atoms with van der Waals surface area (Å²) in [5.41, 5.74) is 1.11. The van der Waals surface area contributed by atoms with Crippen molar-refractivity contribution in [3.63, 3.8) is 0 Å². The van der Waals surface area contributed by atoms with E-state index in [4.69, 9.17) is 16.3 Å². The van der Waals surface area contributed by atoms with Crippen molar-refractivity contribution in [3.8, 4) is 0 Å². The summed E-state index contributed by atoms with van der Waals surface area (Å²) in [4.78, 5) is 21.7. The van der Waals surface area contributed by atoms with Gasteiger partial charge in [-0.2, -0.15) is 0 Å². The Hall–Kier alpha value is -2.74. The Bertz CT molecular complexity index is 1050. The zero-order valence-electron chi connectivity index (χ0n) is 17.8. The highest BCUT2D eigenvalue weighted by Crippen LogP contribution is 2.16. The van der Waals surface area contributed by atoms with Crippen molar-refractivity contribution in [3.05, 3.63) is 88.7 Å². The number of nitrogens with zero attached hydrogens (tertiary/aromatic N) is 4. The molecule has 0 saturated carbocycles. The number of hydrogen-bond donors (Lipinski definition) is 0. The van der Waals surface area contributed by atoms with Crippen LogP contribution >= 0.6 is 11.6 Å². The van der Waals surface area contributed by atoms with E-state index in [0.29, 0.717) is 37.9 Å². The van der Waals surface area contributed by atoms with Crippen LogP contribution in [0, 0.1) is 5.82 Å². The van der Waals surface area contributed by atoms with Crippen LogP contribution in [0.4, 0.5) is 4.39 Å². The fourth-order valence-corrected chi connectivity index (χ4v) is 4.00. The highest BCUT2D eigenvalue weighted by atomic mass is 35.5. The Balaban J connectivity index is 1.53. The Kier molecular flexibility index (Phi) is 7.52. The number of amides is 1. The maximum atomic E-state index is 14.4. The first kappa shape index (κ1) is 22.5. The number of morpholine rings is 1. The van der Waals surface area contributed by atoms with Gasteiger partial charge in [-0.3, -0.25) is 9.69 Å². The number of benzene rings is 2. The molecular formula is C24H26ClFN4O2. The predicted molar refractivity (Wildman–Crippen MR) is 121 cm³/mol. The molecule has 1 saturated heterocycles. The second kappa shape index (κ2) is 10.7. The molecule has 1 fully saturated rings. The molecule has 8 heteroatoms. The molecule has 0 radical (unpaired) electrons. The largest absolute Gasteiger partial charge is 0.379 e. The van der Waals surface area contributed by atoms with E-state index in [-0.39, 0.29) is 18.0 Å². The number of carbonyl (C=O) groups is 1. The van der Waals surface area contributed by atoms with Gasteiger partial charge in [0.25, 0.3) is 5.91 Å². The van der Waals surface area contributed by atoms with Gasteiger partial charge >= 0.3 is 0 Å². The van der Waals surface area contributed by atoms with Crippen molar-refractivity contribution in [2.24, 2.45) is 0 Å². The summed E-state index contributed by atoms with van der Waals surface area (Å²) in [5, 5.41) is 0.672. The summed E-state index contributed by atoms with van der Waals surface area (Å²) < 4.78 is 21.8. The molecule has 0 aliphatic carbocycles. The van der Waals surface area contributed by atoms with E-state index >= 15 is 0 Å². The van der Waals surface area contributed by atoms with Crippen LogP contribution in [-0.2, 0) is 17.8 Å². The Morgan fingerprint density at radius 3 is 2.75 bits per heavy atom. The molecule has 0 bridgehead atoms. The average molecular weight is 457 g/mol. The van der Waals surface area contributed by atoms with Gasteiger partial charge in [0.15, 0.2) is 0 Å². The first-order valence-corrected chi connectivity index (χ1v) is 11.1. The topological polar surface area (TPSA) is 50.6 Å². The number of hydrogen-bond acceptors (Lipinski definition) is 4. The normalized spacial score (nSPS) is 14.4. The van der Waals surface area contributed by atoms with Crippen LogP contribution in [0.15, 0.2) is 60.9 Å². The van der Waals surface area contributed by atoms with Gasteiger partial charge in [0.1, 0.15) is 11.6 Å². The van der Waals surface area contributed by atoms with Gasteiger partial charge in [0.05, 0.1) is 25.3 Å². The quantitative estimate of drug-likeness (QED) is 0.518. The zero-order chi connectivity index (χ0) is 22.3. The van der Waals surface area contributed by atoms with Gasteiger partial charge in [-0.15, -0.1) is 0 Å². The lowest BCUT2D eigenvalue weighted by Gasteiger charge is -2.30. The van der Waals surface area contributed by atoms with E-state index in [2.05, 4.69) is 9.88 Å². The fraction of sp³-hybridized carbons (Fsp3) is 0.333. The third-order valence-electron chi connectivity index (χ3n) is 5.56. The van der Waals surface area contributed by atoms with Gasteiger partial charge < -0.3 is 14.2 Å². The SMILES string of the molecule is O=C(c1ccccc1F)N(CCN1CCOCC1)Cc1nccn1Cc1cccc(Cl)c1. The molecule has 1 aliphatic heterocycles. The molecule has 3 aromatic rings. The lowest BCUT2D eigenvalue weighted by Crippen LogP contribution is -2.43. The molecule has 0 spiro atoms. The van der Waals surface area contributed by atoms with Crippen LogP contribution in [0.1, 0.15) is 21.7 Å². The molecule has 0 N–H and O–H groups in total. The molecule has 4 rings (SSSR count). The molecule has 168 valence electrons. The van der Waals surface area contributed by atoms with Crippen molar-refractivity contribution in [2.45, 2.75) is 13.1 Å². The summed E-state index contributed by atoms with van der Waals surface area (Å²) in [6.07, 6.45) is 3.59. The molecule has 0 unspecified atom stereocenters. The second-order valence-electron chi connectivity index (χ2n) is 7.76. The molecule has 1 amide bonds. The monoisotopic (exact) mass is 456 g/mol. The van der Waals surface area contributed by atoms with E-state index in [9.17, 15) is 9.18 Å². The predicted octanol–water partition coefficient (Wildman–Crippen LogP) is 3.70. The third-order valence-corrected chi connectivity index (χ3v) is 5.79. The summed E-state index contributed by atoms with van der Waals surface area (Å²) in [6.45, 7) is 5.05. The Morgan fingerprint density at radius 1 is 1.16 bits per heavy atom. The van der Waals surface area contributed by atoms with Crippen LogP contribution in [0.3, 0.4) is 0 Å². The maximum absolute atomic E-state index is 14.4. The Morgan fingerprint density at radius 2 is 1.97 bits per heavy atom. The molecule has 32 heavy (non-hydrogen) atoms. The molecule has 1 aliphatic rings. The van der Waals surface area contributed by atoms with Crippen LogP contribution in [0.25, 0.3) is 0 Å². The minimum Gasteiger partial charge on any atom is -0.379 e. The lowest BCUT2D eigenvalue weighted by atomic mass is 10.2. The highest BCUT2D eigenvalue weighted by molar-refractivity contribution is 6.30. The number of imidazole rings is 1. The number of carbonyl (C=O) groups excluding carboxylic acids is 1. The summed E-state index contributed by atoms with van der Waals surface area (Å²) in [5.74, 6) is -0.124. The van der Waals surface area contributed by atoms with Crippen LogP contribution in [0.2, 0.25) is 5.02 Å². The van der Waals surface area contributed by atoms with Crippen LogP contribution < -0.4 is 0 Å². The van der Waals surface area contributed by atoms with E-state index in [1.54, 1.807) is 23.2 Å². The average Bonchev–Trinajstić information content (AvgIpc) is 3.23. The molecule has 2 heterocycles. The van der Waals surface area contributed by atoms with Gasteiger partial charge in [-0.25, -0.2) is 9.37 Å². The first-order chi connectivity index (χ1) is 15.6. The summed E-state index contributed by atoms with van der Waals surface area (Å²) in [7, 11) is 0. The Labute approximate surface area is 192 Å². The van der Waals surface area contributed by atoms with Crippen molar-refractivity contribution in [2.75, 3.05) is 39.4 Å². The third kappa shape index (κ3) is 5.73. The van der Waals surface area contributed by atoms with Crippen LogP contribution in [-0.4, -0.2) is 64.7 Å². The number of rotatable bonds is 8. The van der Waals surface area contributed by atoms with E-state index < -0.39 is 5.82 Å². The van der Waals surface area contributed by atoms with Crippen molar-refractivity contribution >= 4 is 17.5 Å². The van der Waals surface area contributed by atoms with Gasteiger partial charge in [-0.05, 0) is 29.8 Å². The molecule has 0 atom stereocenters. The summed E-state index contributed by atoms with van der Waals surface area (Å²) >= 11 is 6.12. The van der Waals surface area contributed by atoms with Crippen molar-refractivity contribution in [1.82, 2.24) is 19.4 Å². The highest BCUT2D eigenvalue weighted by Gasteiger charge is 2.22. The standard InChI is InChI=1S/C24H26ClFN4O2/c25-20-5-3-4-19(16-20)17-29-9-8-27-23(29)18-30(11-10-28-12-14-32-15-13-28)24(31)21-6-1-2-7-22(21)26/h1-9,16H,10-15,17-18H2. The minimum absolute atomic E-state index is 0.0717. The number of halogens is 2. The fourth-order valence-electron chi connectivity index (χ4n) is 3.78. The van der Waals surface area contributed by atoms with E-state index in [1.807, 2.05) is 35.0 Å². The zero-order valence-corrected chi connectivity index (χ0v) is 18.5. The van der Waals surface area contributed by atoms with Gasteiger partial charge in [-0.1, -0.05) is 35.9 Å². The molecule has 2 aromatic carbocycles. The molecule has 6 nitrogen and oxygen atoms in total. The van der Waals surface area contributed by atoms with E-state index in [1.165, 1.54) is 12.1 Å². The van der Waals surface area contributed by atoms with Crippen molar-refractivity contribution < 1.29 is 13.9 Å². The molecule has 1 aromatic heterocycles. The van der Waals surface area contributed by atoms with Gasteiger partial charge in [0, 0.05) is 50.1 Å². The smallest absolute Gasteiger partial charge is 0.257 e. The first-order valence-electron chi connectivity index (χ1n) is 10.7. The van der Waals surface area contributed by atoms with Gasteiger partial charge in [0.2, 0.25) is 0 Å². The van der Waals surface area contributed by atoms with Crippen LogP contribution in [0.5, 0.6) is 0 Å². The number of aromatic nitrogens is 2. The van der Waals surface area contributed by atoms with E-state index in [0.717, 1.165) is 24.5 Å². The number of ether oxygens (including phenoxy) is 1. The second-order valence-corrected chi connectivity index (χ2v) is 8.20. The van der Waals surface area contributed by atoms with Crippen molar-refractivity contribution in [1.29, 1.82) is 0 Å². The molecular weight excluding hydrogens is 431 g/mol.